The van der Waals surface area contributed by atoms with Crippen LogP contribution < -0.4 is 5.48 Å². The summed E-state index contributed by atoms with van der Waals surface area (Å²) in [5.74, 6) is -0.305. The Kier molecular flexibility index (Phi) is 5.84. The Bertz CT molecular complexity index is 842. The molecule has 1 fully saturated rings. The molecule has 2 aliphatic carbocycles. The zero-order valence-electron chi connectivity index (χ0n) is 16.7. The second-order valence-corrected chi connectivity index (χ2v) is 8.04. The summed E-state index contributed by atoms with van der Waals surface area (Å²) in [7, 11) is 0. The molecule has 2 aromatic carbocycles. The van der Waals surface area contributed by atoms with Crippen LogP contribution in [0.25, 0.3) is 11.1 Å². The van der Waals surface area contributed by atoms with Crippen LogP contribution in [0, 0.1) is 11.8 Å². The number of hydrogen-bond acceptors (Lipinski definition) is 4. The SMILES string of the molecule is C[C@H](C(=O)ONC(=O)OCC1c2ccccc2-c2ccccc21)C1CCCCC1. The molecule has 0 spiro atoms. The second kappa shape index (κ2) is 8.68. The van der Waals surface area contributed by atoms with Gasteiger partial charge in [-0.15, -0.1) is 5.48 Å². The first kappa shape index (κ1) is 19.5. The first-order valence-electron chi connectivity index (χ1n) is 10.5. The summed E-state index contributed by atoms with van der Waals surface area (Å²) in [6.07, 6.45) is 4.89. The van der Waals surface area contributed by atoms with Crippen molar-refractivity contribution in [3.8, 4) is 11.1 Å². The summed E-state index contributed by atoms with van der Waals surface area (Å²) in [6, 6.07) is 16.3. The Morgan fingerprint density at radius 1 is 0.966 bits per heavy atom. The van der Waals surface area contributed by atoms with E-state index in [2.05, 4.69) is 29.7 Å². The fraction of sp³-hybridized carbons (Fsp3) is 0.417. The lowest BCUT2D eigenvalue weighted by Crippen LogP contribution is -2.33. The Labute approximate surface area is 171 Å². The number of carbonyl (C=O) groups is 2. The predicted molar refractivity (Wildman–Crippen MR) is 110 cm³/mol. The number of benzene rings is 2. The van der Waals surface area contributed by atoms with Crippen LogP contribution >= 0.6 is 0 Å². The van der Waals surface area contributed by atoms with Crippen molar-refractivity contribution in [3.63, 3.8) is 0 Å². The van der Waals surface area contributed by atoms with E-state index in [1.807, 2.05) is 31.2 Å². The number of nitrogens with one attached hydrogen (secondary N) is 1. The molecule has 2 aromatic rings. The van der Waals surface area contributed by atoms with Gasteiger partial charge in [0.05, 0.1) is 5.92 Å². The number of rotatable bonds is 4. The zero-order chi connectivity index (χ0) is 20.2. The van der Waals surface area contributed by atoms with Crippen molar-refractivity contribution in [1.29, 1.82) is 0 Å². The van der Waals surface area contributed by atoms with E-state index in [1.54, 1.807) is 0 Å². The molecule has 1 saturated carbocycles. The van der Waals surface area contributed by atoms with Crippen LogP contribution in [0.1, 0.15) is 56.1 Å². The molecule has 0 saturated heterocycles. The molecule has 0 radical (unpaired) electrons. The second-order valence-electron chi connectivity index (χ2n) is 8.04. The molecule has 0 aromatic heterocycles. The minimum atomic E-state index is -0.740. The number of amides is 1. The van der Waals surface area contributed by atoms with E-state index in [4.69, 9.17) is 9.57 Å². The topological polar surface area (TPSA) is 64.6 Å². The summed E-state index contributed by atoms with van der Waals surface area (Å²) >= 11 is 0. The summed E-state index contributed by atoms with van der Waals surface area (Å²) in [6.45, 7) is 2.06. The first-order chi connectivity index (χ1) is 14.1. The third-order valence-corrected chi connectivity index (χ3v) is 6.31. The molecular formula is C24H27NO4. The molecule has 0 bridgehead atoms. The van der Waals surface area contributed by atoms with Gasteiger partial charge in [0.2, 0.25) is 0 Å². The van der Waals surface area contributed by atoms with Crippen molar-refractivity contribution in [2.45, 2.75) is 44.9 Å². The lowest BCUT2D eigenvalue weighted by Gasteiger charge is -2.25. The zero-order valence-corrected chi connectivity index (χ0v) is 16.7. The van der Waals surface area contributed by atoms with E-state index in [0.29, 0.717) is 5.92 Å². The molecule has 152 valence electrons. The lowest BCUT2D eigenvalue weighted by atomic mass is 9.81. The summed E-state index contributed by atoms with van der Waals surface area (Å²) < 4.78 is 5.39. The van der Waals surface area contributed by atoms with Crippen molar-refractivity contribution in [2.24, 2.45) is 11.8 Å². The fourth-order valence-corrected chi connectivity index (χ4v) is 4.64. The standard InChI is InChI=1S/C24H27NO4/c1-16(17-9-3-2-4-10-17)23(26)29-25-24(27)28-15-22-20-13-7-5-11-18(20)19-12-6-8-14-21(19)22/h5-8,11-14,16-17,22H,2-4,9-10,15H2,1H3,(H,25,27)/t16-/m0/s1. The van der Waals surface area contributed by atoms with Crippen LogP contribution in [0.5, 0.6) is 0 Å². The Hall–Kier alpha value is -2.82. The van der Waals surface area contributed by atoms with Gasteiger partial charge >= 0.3 is 12.1 Å². The molecule has 1 atom stereocenters. The monoisotopic (exact) mass is 393 g/mol. The van der Waals surface area contributed by atoms with Crippen molar-refractivity contribution >= 4 is 12.1 Å². The maximum Gasteiger partial charge on any atom is 0.440 e. The van der Waals surface area contributed by atoms with Crippen LogP contribution in [0.4, 0.5) is 4.79 Å². The number of hydrogen-bond donors (Lipinski definition) is 1. The molecule has 1 amide bonds. The third-order valence-electron chi connectivity index (χ3n) is 6.31. The van der Waals surface area contributed by atoms with Gasteiger partial charge < -0.3 is 9.57 Å². The van der Waals surface area contributed by atoms with Crippen LogP contribution in [0.3, 0.4) is 0 Å². The fourth-order valence-electron chi connectivity index (χ4n) is 4.64. The van der Waals surface area contributed by atoms with Gasteiger partial charge in [-0.3, -0.25) is 0 Å². The maximum absolute atomic E-state index is 12.2. The van der Waals surface area contributed by atoms with Crippen LogP contribution in [-0.2, 0) is 14.4 Å². The highest BCUT2D eigenvalue weighted by Crippen LogP contribution is 2.44. The van der Waals surface area contributed by atoms with E-state index in [1.165, 1.54) is 17.5 Å². The molecule has 5 nitrogen and oxygen atoms in total. The van der Waals surface area contributed by atoms with Gasteiger partial charge in [0.1, 0.15) is 6.61 Å². The van der Waals surface area contributed by atoms with Crippen LogP contribution in [-0.4, -0.2) is 18.7 Å². The molecule has 2 aliphatic rings. The number of carbonyl (C=O) groups excluding carboxylic acids is 2. The van der Waals surface area contributed by atoms with E-state index >= 15 is 0 Å². The summed E-state index contributed by atoms with van der Waals surface area (Å²) in [5, 5.41) is 0. The number of ether oxygens (including phenoxy) is 1. The van der Waals surface area contributed by atoms with E-state index in [0.717, 1.165) is 36.8 Å². The molecular weight excluding hydrogens is 366 g/mol. The Morgan fingerprint density at radius 3 is 2.17 bits per heavy atom. The first-order valence-corrected chi connectivity index (χ1v) is 10.5. The van der Waals surface area contributed by atoms with Gasteiger partial charge in [0.15, 0.2) is 0 Å². The van der Waals surface area contributed by atoms with Crippen molar-refractivity contribution in [2.75, 3.05) is 6.61 Å². The van der Waals surface area contributed by atoms with Gasteiger partial charge in [-0.25, -0.2) is 9.59 Å². The Balaban J connectivity index is 1.31. The minimum Gasteiger partial charge on any atom is -0.446 e. The Morgan fingerprint density at radius 2 is 1.55 bits per heavy atom. The average molecular weight is 393 g/mol. The van der Waals surface area contributed by atoms with Crippen LogP contribution in [0.2, 0.25) is 0 Å². The minimum absolute atomic E-state index is 0.0231. The predicted octanol–water partition coefficient (Wildman–Crippen LogP) is 5.20. The highest BCUT2D eigenvalue weighted by molar-refractivity contribution is 5.79. The highest BCUT2D eigenvalue weighted by Gasteiger charge is 2.30. The average Bonchev–Trinajstić information content (AvgIpc) is 3.10. The summed E-state index contributed by atoms with van der Waals surface area (Å²) in [5.41, 5.74) is 6.79. The molecule has 1 N–H and O–H groups in total. The normalized spacial score (nSPS) is 17.1. The molecule has 0 aliphatic heterocycles. The molecule has 4 rings (SSSR count). The lowest BCUT2D eigenvalue weighted by molar-refractivity contribution is -0.156. The maximum atomic E-state index is 12.2. The van der Waals surface area contributed by atoms with Gasteiger partial charge in [-0.1, -0.05) is 74.7 Å². The van der Waals surface area contributed by atoms with E-state index < -0.39 is 12.1 Å². The number of fused-ring (bicyclic) bond motifs is 3. The quantitative estimate of drug-likeness (QED) is 0.725. The van der Waals surface area contributed by atoms with Crippen LogP contribution in [0.15, 0.2) is 48.5 Å². The van der Waals surface area contributed by atoms with Crippen molar-refractivity contribution in [3.05, 3.63) is 59.7 Å². The third kappa shape index (κ3) is 4.14. The molecule has 0 heterocycles. The van der Waals surface area contributed by atoms with E-state index in [9.17, 15) is 9.59 Å². The molecule has 5 heteroatoms. The van der Waals surface area contributed by atoms with Gasteiger partial charge in [0.25, 0.3) is 0 Å². The van der Waals surface area contributed by atoms with E-state index in [-0.39, 0.29) is 18.4 Å². The highest BCUT2D eigenvalue weighted by atomic mass is 16.7. The largest absolute Gasteiger partial charge is 0.446 e. The number of hydroxylamine groups is 1. The van der Waals surface area contributed by atoms with Gasteiger partial charge in [0, 0.05) is 5.92 Å². The summed E-state index contributed by atoms with van der Waals surface area (Å²) in [4.78, 5) is 29.4. The van der Waals surface area contributed by atoms with Gasteiger partial charge in [-0.05, 0) is 41.0 Å². The molecule has 29 heavy (non-hydrogen) atoms. The smallest absolute Gasteiger partial charge is 0.440 e. The molecule has 0 unspecified atom stereocenters. The van der Waals surface area contributed by atoms with Crippen molar-refractivity contribution in [1.82, 2.24) is 5.48 Å². The van der Waals surface area contributed by atoms with Crippen molar-refractivity contribution < 1.29 is 19.2 Å². The van der Waals surface area contributed by atoms with Gasteiger partial charge in [-0.2, -0.15) is 0 Å².